The van der Waals surface area contributed by atoms with E-state index in [1.54, 1.807) is 0 Å². The van der Waals surface area contributed by atoms with E-state index in [1.807, 2.05) is 0 Å². The highest BCUT2D eigenvalue weighted by Crippen LogP contribution is 2.46. The summed E-state index contributed by atoms with van der Waals surface area (Å²) in [5.41, 5.74) is 0. The molecule has 3 aliphatic rings. The van der Waals surface area contributed by atoms with E-state index in [2.05, 4.69) is 0 Å². The molecule has 0 amide bonds. The molecule has 0 heterocycles. The summed E-state index contributed by atoms with van der Waals surface area (Å²) in [6, 6.07) is 0. The first kappa shape index (κ1) is 26.5. The number of rotatable bonds is 14. The van der Waals surface area contributed by atoms with Crippen molar-refractivity contribution < 1.29 is 8.78 Å². The lowest BCUT2D eigenvalue weighted by molar-refractivity contribution is 0.102. The lowest BCUT2D eigenvalue weighted by Crippen LogP contribution is -2.29. The molecule has 3 rings (SSSR count). The zero-order chi connectivity index (χ0) is 22.4. The van der Waals surface area contributed by atoms with Gasteiger partial charge in [0.25, 0.3) is 0 Å². The molecule has 32 heavy (non-hydrogen) atoms. The van der Waals surface area contributed by atoms with Crippen molar-refractivity contribution in [1.29, 1.82) is 0 Å². The summed E-state index contributed by atoms with van der Waals surface area (Å²) in [6.45, 7) is -0.246. The highest BCUT2D eigenvalue weighted by molar-refractivity contribution is 4.86. The molecule has 0 spiro atoms. The summed E-state index contributed by atoms with van der Waals surface area (Å²) >= 11 is 0. The van der Waals surface area contributed by atoms with Crippen LogP contribution in [0, 0.1) is 35.5 Å². The summed E-state index contributed by atoms with van der Waals surface area (Å²) in [5, 5.41) is 0. The van der Waals surface area contributed by atoms with Gasteiger partial charge in [-0.15, -0.1) is 0 Å². The van der Waals surface area contributed by atoms with Gasteiger partial charge in [0.15, 0.2) is 0 Å². The van der Waals surface area contributed by atoms with Crippen LogP contribution in [0.4, 0.5) is 8.78 Å². The third kappa shape index (κ3) is 9.25. The van der Waals surface area contributed by atoms with Crippen LogP contribution in [0.3, 0.4) is 0 Å². The second-order valence-corrected chi connectivity index (χ2v) is 12.0. The quantitative estimate of drug-likeness (QED) is 0.230. The molecule has 0 bridgehead atoms. The molecule has 0 aromatic carbocycles. The first-order valence-corrected chi connectivity index (χ1v) is 14.9. The molecule has 3 fully saturated rings. The number of hydrogen-bond acceptors (Lipinski definition) is 0. The molecule has 2 heteroatoms. The lowest BCUT2D eigenvalue weighted by Gasteiger charge is -2.41. The molecule has 0 radical (unpaired) electrons. The molecule has 0 N–H and O–H groups in total. The minimum Gasteiger partial charge on any atom is -0.251 e. The maximum absolute atomic E-state index is 12.4. The fourth-order valence-corrected chi connectivity index (χ4v) is 7.76. The Labute approximate surface area is 199 Å². The maximum Gasteiger partial charge on any atom is 0.0894 e. The predicted octanol–water partition coefficient (Wildman–Crippen LogP) is 10.2. The van der Waals surface area contributed by atoms with Crippen LogP contribution < -0.4 is 0 Å². The van der Waals surface area contributed by atoms with Crippen LogP contribution in [-0.4, -0.2) is 13.3 Å². The number of unbranched alkanes of at least 4 members (excludes halogenated alkanes) is 6. The third-order valence-corrected chi connectivity index (χ3v) is 9.92. The molecular weight excluding hydrogens is 398 g/mol. The Morgan fingerprint density at radius 2 is 0.656 bits per heavy atom. The van der Waals surface area contributed by atoms with Crippen molar-refractivity contribution in [1.82, 2.24) is 0 Å². The third-order valence-electron chi connectivity index (χ3n) is 9.92. The molecule has 0 atom stereocenters. The molecule has 188 valence electrons. The Kier molecular flexibility index (Phi) is 13.0. The monoisotopic (exact) mass is 452 g/mol. The molecule has 3 saturated carbocycles. The Balaban J connectivity index is 1.21. The van der Waals surface area contributed by atoms with E-state index in [0.29, 0.717) is 0 Å². The number of halogens is 2. The van der Waals surface area contributed by atoms with Crippen LogP contribution in [0.2, 0.25) is 0 Å². The summed E-state index contributed by atoms with van der Waals surface area (Å²) in [7, 11) is 0. The Morgan fingerprint density at radius 1 is 0.344 bits per heavy atom. The topological polar surface area (TPSA) is 0 Å². The predicted molar refractivity (Wildman–Crippen MR) is 134 cm³/mol. The largest absolute Gasteiger partial charge is 0.251 e. The zero-order valence-corrected chi connectivity index (χ0v) is 21.2. The van der Waals surface area contributed by atoms with Gasteiger partial charge in [-0.2, -0.15) is 0 Å². The highest BCUT2D eigenvalue weighted by Gasteiger charge is 2.34. The first-order valence-electron chi connectivity index (χ1n) is 14.9. The van der Waals surface area contributed by atoms with Gasteiger partial charge in [-0.3, -0.25) is 8.78 Å². The van der Waals surface area contributed by atoms with E-state index < -0.39 is 0 Å². The van der Waals surface area contributed by atoms with Gasteiger partial charge in [0.1, 0.15) is 0 Å². The lowest BCUT2D eigenvalue weighted by atomic mass is 9.64. The van der Waals surface area contributed by atoms with Gasteiger partial charge >= 0.3 is 0 Å². The van der Waals surface area contributed by atoms with E-state index in [1.165, 1.54) is 116 Å². The van der Waals surface area contributed by atoms with E-state index in [4.69, 9.17) is 0 Å². The SMILES string of the molecule is FCCCCCCCCCC1CCC(C2CCC(C3CCC(CCCF)CC3)CC2)CC1. The summed E-state index contributed by atoms with van der Waals surface area (Å²) < 4.78 is 24.5. The zero-order valence-electron chi connectivity index (χ0n) is 21.2. The Hall–Kier alpha value is -0.140. The van der Waals surface area contributed by atoms with Crippen LogP contribution in [0.1, 0.15) is 141 Å². The smallest absolute Gasteiger partial charge is 0.0894 e. The van der Waals surface area contributed by atoms with E-state index in [9.17, 15) is 8.78 Å². The Morgan fingerprint density at radius 3 is 1.06 bits per heavy atom. The number of alkyl halides is 2. The summed E-state index contributed by atoms with van der Waals surface area (Å²) in [5.74, 6) is 5.94. The van der Waals surface area contributed by atoms with Crippen LogP contribution >= 0.6 is 0 Å². The second kappa shape index (κ2) is 15.7. The van der Waals surface area contributed by atoms with E-state index in [-0.39, 0.29) is 13.3 Å². The molecule has 3 aliphatic carbocycles. The minimum atomic E-state index is -0.130. The molecule has 0 aromatic heterocycles. The van der Waals surface area contributed by atoms with Crippen molar-refractivity contribution in [3.8, 4) is 0 Å². The highest BCUT2D eigenvalue weighted by atomic mass is 19.1. The standard InChI is InChI=1S/C30H54F2/c31-23-7-5-3-1-2-4-6-9-25-11-15-27(16-12-25)29-19-21-30(22-20-29)28-17-13-26(14-18-28)10-8-24-32/h25-30H,1-24H2. The molecule has 0 aromatic rings. The van der Waals surface area contributed by atoms with Gasteiger partial charge in [0, 0.05) is 0 Å². The molecular formula is C30H54F2. The van der Waals surface area contributed by atoms with Crippen LogP contribution in [0.15, 0.2) is 0 Å². The number of hydrogen-bond donors (Lipinski definition) is 0. The normalized spacial score (nSPS) is 33.9. The van der Waals surface area contributed by atoms with Gasteiger partial charge in [0.2, 0.25) is 0 Å². The maximum atomic E-state index is 12.4. The molecule has 0 unspecified atom stereocenters. The van der Waals surface area contributed by atoms with Crippen molar-refractivity contribution in [2.45, 2.75) is 141 Å². The Bertz CT molecular complexity index is 440. The summed E-state index contributed by atoms with van der Waals surface area (Å²) in [6.07, 6.45) is 29.8. The van der Waals surface area contributed by atoms with E-state index >= 15 is 0 Å². The van der Waals surface area contributed by atoms with Crippen molar-refractivity contribution in [3.05, 3.63) is 0 Å². The second-order valence-electron chi connectivity index (χ2n) is 12.0. The van der Waals surface area contributed by atoms with Gasteiger partial charge in [-0.25, -0.2) is 0 Å². The van der Waals surface area contributed by atoms with E-state index in [0.717, 1.165) is 61.2 Å². The fourth-order valence-electron chi connectivity index (χ4n) is 7.76. The van der Waals surface area contributed by atoms with Crippen molar-refractivity contribution in [2.24, 2.45) is 35.5 Å². The fraction of sp³-hybridized carbons (Fsp3) is 1.00. The molecule has 0 saturated heterocycles. The van der Waals surface area contributed by atoms with Gasteiger partial charge in [-0.05, 0) is 106 Å². The van der Waals surface area contributed by atoms with Crippen molar-refractivity contribution >= 4 is 0 Å². The average Bonchev–Trinajstić information content (AvgIpc) is 2.85. The average molecular weight is 453 g/mol. The van der Waals surface area contributed by atoms with Gasteiger partial charge in [0.05, 0.1) is 13.3 Å². The van der Waals surface area contributed by atoms with Gasteiger partial charge in [-0.1, -0.05) is 70.6 Å². The molecule has 0 nitrogen and oxygen atoms in total. The van der Waals surface area contributed by atoms with Crippen molar-refractivity contribution in [3.63, 3.8) is 0 Å². The van der Waals surface area contributed by atoms with Crippen LogP contribution in [0.25, 0.3) is 0 Å². The summed E-state index contributed by atoms with van der Waals surface area (Å²) in [4.78, 5) is 0. The molecule has 0 aliphatic heterocycles. The van der Waals surface area contributed by atoms with Crippen LogP contribution in [0.5, 0.6) is 0 Å². The van der Waals surface area contributed by atoms with Crippen molar-refractivity contribution in [2.75, 3.05) is 13.3 Å². The minimum absolute atomic E-state index is 0.116. The van der Waals surface area contributed by atoms with Gasteiger partial charge < -0.3 is 0 Å². The van der Waals surface area contributed by atoms with Crippen LogP contribution in [-0.2, 0) is 0 Å². The first-order chi connectivity index (χ1) is 15.8.